The van der Waals surface area contributed by atoms with Gasteiger partial charge in [0.1, 0.15) is 10.7 Å². The highest BCUT2D eigenvalue weighted by molar-refractivity contribution is 7.18. The lowest BCUT2D eigenvalue weighted by atomic mass is 9.97. The number of hydrogen-bond donors (Lipinski definition) is 2. The molecule has 0 aliphatic heterocycles. The van der Waals surface area contributed by atoms with Crippen molar-refractivity contribution in [1.29, 1.82) is 0 Å². The fourth-order valence-corrected chi connectivity index (χ4v) is 2.99. The molecular weight excluding hydrogens is 258 g/mol. The average Bonchev–Trinajstić information content (AvgIpc) is 2.53. The van der Waals surface area contributed by atoms with Gasteiger partial charge >= 0.3 is 0 Å². The molecule has 0 aromatic carbocycles. The first-order valence-electron chi connectivity index (χ1n) is 6.47. The number of aromatic amines is 1. The Morgan fingerprint density at radius 3 is 2.63 bits per heavy atom. The summed E-state index contributed by atoms with van der Waals surface area (Å²) in [4.78, 5) is 21.5. The first kappa shape index (κ1) is 14.2. The van der Waals surface area contributed by atoms with Crippen molar-refractivity contribution in [3.63, 3.8) is 0 Å². The summed E-state index contributed by atoms with van der Waals surface area (Å²) < 4.78 is 0. The van der Waals surface area contributed by atoms with E-state index < -0.39 is 0 Å². The van der Waals surface area contributed by atoms with Crippen LogP contribution in [-0.4, -0.2) is 16.5 Å². The summed E-state index contributed by atoms with van der Waals surface area (Å²) in [5.41, 5.74) is 1.24. The summed E-state index contributed by atoms with van der Waals surface area (Å²) in [6, 6.07) is 0. The molecule has 0 bridgehead atoms. The second-order valence-corrected chi connectivity index (χ2v) is 7.34. The smallest absolute Gasteiger partial charge is 0.259 e. The Balaban J connectivity index is 2.24. The maximum Gasteiger partial charge on any atom is 0.259 e. The topological polar surface area (TPSA) is 57.8 Å². The highest BCUT2D eigenvalue weighted by atomic mass is 32.1. The average molecular weight is 279 g/mol. The van der Waals surface area contributed by atoms with Crippen LogP contribution in [0.4, 0.5) is 0 Å². The third kappa shape index (κ3) is 3.22. The van der Waals surface area contributed by atoms with Gasteiger partial charge in [-0.15, -0.1) is 11.3 Å². The number of rotatable bonds is 3. The minimum Gasteiger partial charge on any atom is -0.309 e. The standard InChI is InChI=1S/C14H21N3OS/c1-8-9(2)19-13-11(8)12(18)16-10(17-13)6-15-7-14(3,4)5/h15H,6-7H2,1-5H3,(H,16,17,18). The van der Waals surface area contributed by atoms with Crippen LogP contribution in [0.15, 0.2) is 4.79 Å². The van der Waals surface area contributed by atoms with Gasteiger partial charge in [-0.1, -0.05) is 20.8 Å². The molecule has 0 spiro atoms. The third-order valence-electron chi connectivity index (χ3n) is 3.04. The summed E-state index contributed by atoms with van der Waals surface area (Å²) in [5.74, 6) is 0.711. The first-order chi connectivity index (χ1) is 8.78. The van der Waals surface area contributed by atoms with Crippen LogP contribution in [0.3, 0.4) is 0 Å². The monoisotopic (exact) mass is 279 g/mol. The molecule has 0 aliphatic carbocycles. The second kappa shape index (κ2) is 5.06. The molecule has 5 heteroatoms. The quantitative estimate of drug-likeness (QED) is 0.908. The maximum absolute atomic E-state index is 12.1. The molecule has 2 N–H and O–H groups in total. The Morgan fingerprint density at radius 2 is 2.00 bits per heavy atom. The van der Waals surface area contributed by atoms with Crippen molar-refractivity contribution in [3.05, 3.63) is 26.6 Å². The molecule has 104 valence electrons. The summed E-state index contributed by atoms with van der Waals surface area (Å²) in [6.45, 7) is 12.0. The molecule has 19 heavy (non-hydrogen) atoms. The van der Waals surface area contributed by atoms with Crippen molar-refractivity contribution in [2.75, 3.05) is 6.54 Å². The molecule has 0 amide bonds. The highest BCUT2D eigenvalue weighted by Gasteiger charge is 2.13. The molecule has 0 saturated carbocycles. The summed E-state index contributed by atoms with van der Waals surface area (Å²) >= 11 is 1.59. The molecular formula is C14H21N3OS. The third-order valence-corrected chi connectivity index (χ3v) is 4.14. The van der Waals surface area contributed by atoms with Gasteiger partial charge in [-0.3, -0.25) is 4.79 Å². The molecule has 2 aromatic heterocycles. The van der Waals surface area contributed by atoms with Crippen LogP contribution in [0.2, 0.25) is 0 Å². The van der Waals surface area contributed by atoms with Crippen LogP contribution in [0.25, 0.3) is 10.2 Å². The zero-order chi connectivity index (χ0) is 14.2. The SMILES string of the molecule is Cc1sc2nc(CNCC(C)(C)C)[nH]c(=O)c2c1C. The van der Waals surface area contributed by atoms with Gasteiger partial charge in [-0.05, 0) is 24.8 Å². The van der Waals surface area contributed by atoms with E-state index in [4.69, 9.17) is 0 Å². The van der Waals surface area contributed by atoms with E-state index in [0.29, 0.717) is 12.4 Å². The van der Waals surface area contributed by atoms with Crippen LogP contribution in [0.1, 0.15) is 37.0 Å². The van der Waals surface area contributed by atoms with Crippen LogP contribution in [0.5, 0.6) is 0 Å². The van der Waals surface area contributed by atoms with Crippen LogP contribution >= 0.6 is 11.3 Å². The van der Waals surface area contributed by atoms with Crippen LogP contribution < -0.4 is 10.9 Å². The molecule has 2 heterocycles. The fourth-order valence-electron chi connectivity index (χ4n) is 1.94. The van der Waals surface area contributed by atoms with Crippen LogP contribution in [-0.2, 0) is 6.54 Å². The Kier molecular flexibility index (Phi) is 3.78. The van der Waals surface area contributed by atoms with Crippen molar-refractivity contribution >= 4 is 21.6 Å². The molecule has 2 aromatic rings. The Bertz CT molecular complexity index is 649. The largest absolute Gasteiger partial charge is 0.309 e. The van der Waals surface area contributed by atoms with Gasteiger partial charge in [-0.25, -0.2) is 4.98 Å². The summed E-state index contributed by atoms with van der Waals surface area (Å²) in [5, 5.41) is 4.06. The van der Waals surface area contributed by atoms with E-state index in [1.54, 1.807) is 11.3 Å². The number of fused-ring (bicyclic) bond motifs is 1. The van der Waals surface area contributed by atoms with Gasteiger partial charge < -0.3 is 10.3 Å². The number of hydrogen-bond acceptors (Lipinski definition) is 4. The second-order valence-electron chi connectivity index (χ2n) is 6.14. The van der Waals surface area contributed by atoms with Crippen LogP contribution in [0, 0.1) is 19.3 Å². The minimum absolute atomic E-state index is 0.0283. The predicted octanol–water partition coefficient (Wildman–Crippen LogP) is 2.74. The van der Waals surface area contributed by atoms with Crippen molar-refractivity contribution in [1.82, 2.24) is 15.3 Å². The molecule has 0 unspecified atom stereocenters. The normalized spacial score (nSPS) is 12.3. The molecule has 0 saturated heterocycles. The van der Waals surface area contributed by atoms with Gasteiger partial charge in [0, 0.05) is 11.4 Å². The van der Waals surface area contributed by atoms with Gasteiger partial charge in [-0.2, -0.15) is 0 Å². The molecule has 0 radical (unpaired) electrons. The Labute approximate surface area is 117 Å². The van der Waals surface area contributed by atoms with E-state index in [9.17, 15) is 4.79 Å². The molecule has 4 nitrogen and oxygen atoms in total. The number of aromatic nitrogens is 2. The van der Waals surface area contributed by atoms with E-state index in [1.807, 2.05) is 13.8 Å². The molecule has 0 aliphatic rings. The highest BCUT2D eigenvalue weighted by Crippen LogP contribution is 2.25. The fraction of sp³-hybridized carbons (Fsp3) is 0.571. The van der Waals surface area contributed by atoms with Crippen molar-refractivity contribution in [2.24, 2.45) is 5.41 Å². The van der Waals surface area contributed by atoms with Crippen molar-refractivity contribution in [2.45, 2.75) is 41.2 Å². The molecule has 2 rings (SSSR count). The van der Waals surface area contributed by atoms with E-state index in [0.717, 1.165) is 27.2 Å². The van der Waals surface area contributed by atoms with Gasteiger partial charge in [0.25, 0.3) is 5.56 Å². The van der Waals surface area contributed by atoms with Gasteiger partial charge in [0.05, 0.1) is 11.9 Å². The number of nitrogens with one attached hydrogen (secondary N) is 2. The lowest BCUT2D eigenvalue weighted by molar-refractivity contribution is 0.377. The number of H-pyrrole nitrogens is 1. The Hall–Kier alpha value is -1.20. The van der Waals surface area contributed by atoms with Gasteiger partial charge in [0.2, 0.25) is 0 Å². The number of thiophene rings is 1. The number of aryl methyl sites for hydroxylation is 2. The number of nitrogens with zero attached hydrogens (tertiary/aromatic N) is 1. The first-order valence-corrected chi connectivity index (χ1v) is 7.29. The van der Waals surface area contributed by atoms with Crippen molar-refractivity contribution in [3.8, 4) is 0 Å². The van der Waals surface area contributed by atoms with E-state index in [1.165, 1.54) is 0 Å². The molecule has 0 atom stereocenters. The zero-order valence-corrected chi connectivity index (χ0v) is 13.0. The van der Waals surface area contributed by atoms with Gasteiger partial charge in [0.15, 0.2) is 0 Å². The van der Waals surface area contributed by atoms with E-state index in [-0.39, 0.29) is 11.0 Å². The predicted molar refractivity (Wildman–Crippen MR) is 80.9 cm³/mol. The maximum atomic E-state index is 12.1. The molecule has 0 fully saturated rings. The Morgan fingerprint density at radius 1 is 1.32 bits per heavy atom. The summed E-state index contributed by atoms with van der Waals surface area (Å²) in [6.07, 6.45) is 0. The zero-order valence-electron chi connectivity index (χ0n) is 12.2. The lowest BCUT2D eigenvalue weighted by Crippen LogP contribution is -2.28. The van der Waals surface area contributed by atoms with Crippen molar-refractivity contribution < 1.29 is 0 Å². The van der Waals surface area contributed by atoms with E-state index >= 15 is 0 Å². The lowest BCUT2D eigenvalue weighted by Gasteiger charge is -2.18. The van der Waals surface area contributed by atoms with E-state index in [2.05, 4.69) is 36.1 Å². The minimum atomic E-state index is -0.0283. The summed E-state index contributed by atoms with van der Waals surface area (Å²) in [7, 11) is 0.